The van der Waals surface area contributed by atoms with Gasteiger partial charge in [0, 0.05) is 19.1 Å². The van der Waals surface area contributed by atoms with Crippen molar-refractivity contribution in [2.75, 3.05) is 13.2 Å². The average Bonchev–Trinajstić information content (AvgIpc) is 2.70. The molecule has 2 atom stereocenters. The number of nitrogens with one attached hydrogen (secondary N) is 2. The Labute approximate surface area is 125 Å². The van der Waals surface area contributed by atoms with E-state index >= 15 is 0 Å². The van der Waals surface area contributed by atoms with E-state index in [9.17, 15) is 14.7 Å². The van der Waals surface area contributed by atoms with Crippen molar-refractivity contribution >= 4 is 12.0 Å². The Hall–Kier alpha value is -1.30. The smallest absolute Gasteiger partial charge is 0.329 e. The van der Waals surface area contributed by atoms with Gasteiger partial charge in [-0.25, -0.2) is 9.59 Å². The zero-order valence-corrected chi connectivity index (χ0v) is 12.7. The maximum Gasteiger partial charge on any atom is 0.329 e. The second-order valence-electron chi connectivity index (χ2n) is 6.26. The van der Waals surface area contributed by atoms with Crippen molar-refractivity contribution in [3.8, 4) is 0 Å². The number of hydrogen-bond donors (Lipinski definition) is 3. The Morgan fingerprint density at radius 1 is 1.24 bits per heavy atom. The second-order valence-corrected chi connectivity index (χ2v) is 6.26. The van der Waals surface area contributed by atoms with Crippen LogP contribution < -0.4 is 10.6 Å². The zero-order chi connectivity index (χ0) is 15.3. The number of carboxylic acids is 1. The fraction of sp³-hybridized carbons (Fsp3) is 0.867. The molecule has 6 nitrogen and oxygen atoms in total. The fourth-order valence-electron chi connectivity index (χ4n) is 3.25. The van der Waals surface area contributed by atoms with Gasteiger partial charge in [0.1, 0.15) is 5.54 Å². The molecule has 6 heteroatoms. The Balaban J connectivity index is 1.87. The number of hydrogen-bond acceptors (Lipinski definition) is 3. The Bertz CT molecular complexity index is 378. The van der Waals surface area contributed by atoms with Gasteiger partial charge in [-0.3, -0.25) is 0 Å². The summed E-state index contributed by atoms with van der Waals surface area (Å²) < 4.78 is 5.46. The summed E-state index contributed by atoms with van der Waals surface area (Å²) >= 11 is 0. The van der Waals surface area contributed by atoms with Crippen LogP contribution in [0.5, 0.6) is 0 Å². The molecular formula is C15H26N2O4. The molecule has 1 saturated carbocycles. The van der Waals surface area contributed by atoms with E-state index in [1.807, 2.05) is 6.92 Å². The molecular weight excluding hydrogens is 272 g/mol. The molecule has 2 unspecified atom stereocenters. The summed E-state index contributed by atoms with van der Waals surface area (Å²) in [6.07, 6.45) is 5.88. The predicted octanol–water partition coefficient (Wildman–Crippen LogP) is 1.89. The van der Waals surface area contributed by atoms with Crippen LogP contribution in [0.25, 0.3) is 0 Å². The fourth-order valence-corrected chi connectivity index (χ4v) is 3.25. The van der Waals surface area contributed by atoms with Crippen LogP contribution in [0, 0.1) is 5.92 Å². The molecule has 0 aromatic rings. The second kappa shape index (κ2) is 7.11. The van der Waals surface area contributed by atoms with Gasteiger partial charge < -0.3 is 20.5 Å². The van der Waals surface area contributed by atoms with E-state index in [1.54, 1.807) is 0 Å². The van der Waals surface area contributed by atoms with Crippen LogP contribution >= 0.6 is 0 Å². The zero-order valence-electron chi connectivity index (χ0n) is 12.7. The lowest BCUT2D eigenvalue weighted by atomic mass is 9.90. The van der Waals surface area contributed by atoms with Gasteiger partial charge in [-0.1, -0.05) is 25.7 Å². The highest BCUT2D eigenvalue weighted by molar-refractivity contribution is 5.86. The highest BCUT2D eigenvalue weighted by Gasteiger charge is 2.40. The highest BCUT2D eigenvalue weighted by Crippen LogP contribution is 2.27. The van der Waals surface area contributed by atoms with Crippen molar-refractivity contribution in [3.63, 3.8) is 0 Å². The lowest BCUT2D eigenvalue weighted by Gasteiger charge is -2.29. The molecule has 2 aliphatic rings. The molecule has 0 spiro atoms. The monoisotopic (exact) mass is 298 g/mol. The summed E-state index contributed by atoms with van der Waals surface area (Å²) in [6.45, 7) is 3.26. The topological polar surface area (TPSA) is 87.7 Å². The number of amides is 2. The first kappa shape index (κ1) is 16.1. The molecule has 0 bridgehead atoms. The summed E-state index contributed by atoms with van der Waals surface area (Å²) in [5, 5.41) is 15.1. The van der Waals surface area contributed by atoms with Crippen molar-refractivity contribution in [2.24, 2.45) is 5.92 Å². The average molecular weight is 298 g/mol. The van der Waals surface area contributed by atoms with Gasteiger partial charge in [0.05, 0.1) is 6.10 Å². The molecule has 3 N–H and O–H groups in total. The van der Waals surface area contributed by atoms with Crippen LogP contribution in [-0.4, -0.2) is 41.9 Å². The number of rotatable bonds is 4. The number of urea groups is 1. The minimum Gasteiger partial charge on any atom is -0.480 e. The van der Waals surface area contributed by atoms with Crippen LogP contribution in [0.4, 0.5) is 4.79 Å². The van der Waals surface area contributed by atoms with E-state index < -0.39 is 11.5 Å². The minimum absolute atomic E-state index is 0.150. The van der Waals surface area contributed by atoms with Crippen LogP contribution in [-0.2, 0) is 9.53 Å². The van der Waals surface area contributed by atoms with Gasteiger partial charge in [0.25, 0.3) is 0 Å². The standard InChI is InChI=1S/C15H26N2O4/c1-11-12(6-9-21-11)10-16-14(20)17-15(13(18)19)7-4-2-3-5-8-15/h11-12H,2-10H2,1H3,(H,18,19)(H2,16,17,20). The van der Waals surface area contributed by atoms with Crippen molar-refractivity contribution < 1.29 is 19.4 Å². The Morgan fingerprint density at radius 3 is 2.43 bits per heavy atom. The Kier molecular flexibility index (Phi) is 5.45. The lowest BCUT2D eigenvalue weighted by Crippen LogP contribution is -2.57. The van der Waals surface area contributed by atoms with Crippen LogP contribution in [0.1, 0.15) is 51.9 Å². The number of carboxylic acid groups (broad SMARTS) is 1. The van der Waals surface area contributed by atoms with Crippen molar-refractivity contribution in [3.05, 3.63) is 0 Å². The lowest BCUT2D eigenvalue weighted by molar-refractivity contribution is -0.145. The molecule has 1 saturated heterocycles. The molecule has 2 amide bonds. The highest BCUT2D eigenvalue weighted by atomic mass is 16.5. The third-order valence-electron chi connectivity index (χ3n) is 4.78. The third-order valence-corrected chi connectivity index (χ3v) is 4.78. The summed E-state index contributed by atoms with van der Waals surface area (Å²) in [7, 11) is 0. The molecule has 2 fully saturated rings. The van der Waals surface area contributed by atoms with Gasteiger partial charge in [0.15, 0.2) is 0 Å². The number of carbonyl (C=O) groups excluding carboxylic acids is 1. The van der Waals surface area contributed by atoms with Gasteiger partial charge in [-0.15, -0.1) is 0 Å². The first-order chi connectivity index (χ1) is 10.0. The summed E-state index contributed by atoms with van der Waals surface area (Å²) in [4.78, 5) is 23.7. The number of ether oxygens (including phenoxy) is 1. The largest absolute Gasteiger partial charge is 0.480 e. The molecule has 2 rings (SSSR count). The predicted molar refractivity (Wildman–Crippen MR) is 78.1 cm³/mol. The summed E-state index contributed by atoms with van der Waals surface area (Å²) in [5.74, 6) is -0.609. The third kappa shape index (κ3) is 4.09. The van der Waals surface area contributed by atoms with Crippen molar-refractivity contribution in [1.82, 2.24) is 10.6 Å². The normalized spacial score (nSPS) is 28.6. The first-order valence-corrected chi connectivity index (χ1v) is 7.94. The van der Waals surface area contributed by atoms with Crippen LogP contribution in [0.15, 0.2) is 0 Å². The maximum atomic E-state index is 12.1. The minimum atomic E-state index is -1.10. The van der Waals surface area contributed by atoms with E-state index in [0.717, 1.165) is 38.7 Å². The van der Waals surface area contributed by atoms with Crippen LogP contribution in [0.2, 0.25) is 0 Å². The Morgan fingerprint density at radius 2 is 1.90 bits per heavy atom. The molecule has 1 aliphatic carbocycles. The number of aliphatic carboxylic acids is 1. The van der Waals surface area contributed by atoms with Crippen LogP contribution in [0.3, 0.4) is 0 Å². The van der Waals surface area contributed by atoms with E-state index in [0.29, 0.717) is 25.3 Å². The SMILES string of the molecule is CC1OCCC1CNC(=O)NC1(C(=O)O)CCCCCC1. The molecule has 21 heavy (non-hydrogen) atoms. The molecule has 0 aromatic carbocycles. The molecule has 120 valence electrons. The van der Waals surface area contributed by atoms with Crippen molar-refractivity contribution in [1.29, 1.82) is 0 Å². The maximum absolute atomic E-state index is 12.1. The van der Waals surface area contributed by atoms with Gasteiger partial charge in [0.2, 0.25) is 0 Å². The number of carbonyl (C=O) groups is 2. The first-order valence-electron chi connectivity index (χ1n) is 7.94. The molecule has 1 aliphatic heterocycles. The van der Waals surface area contributed by atoms with Crippen molar-refractivity contribution in [2.45, 2.75) is 63.5 Å². The molecule has 0 radical (unpaired) electrons. The quantitative estimate of drug-likeness (QED) is 0.692. The van der Waals surface area contributed by atoms with Gasteiger partial charge in [-0.05, 0) is 26.2 Å². The molecule has 1 heterocycles. The summed E-state index contributed by atoms with van der Waals surface area (Å²) in [5.41, 5.74) is -1.10. The van der Waals surface area contributed by atoms with E-state index in [1.165, 1.54) is 0 Å². The van der Waals surface area contributed by atoms with Gasteiger partial charge >= 0.3 is 12.0 Å². The van der Waals surface area contributed by atoms with Gasteiger partial charge in [-0.2, -0.15) is 0 Å². The summed E-state index contributed by atoms with van der Waals surface area (Å²) in [6, 6.07) is -0.376. The van der Waals surface area contributed by atoms with E-state index in [4.69, 9.17) is 4.74 Å². The molecule has 0 aromatic heterocycles. The van der Waals surface area contributed by atoms with E-state index in [-0.39, 0.29) is 12.1 Å². The van der Waals surface area contributed by atoms with E-state index in [2.05, 4.69) is 10.6 Å².